The van der Waals surface area contributed by atoms with Crippen molar-refractivity contribution in [3.63, 3.8) is 0 Å². The summed E-state index contributed by atoms with van der Waals surface area (Å²) in [6.07, 6.45) is 0. The van der Waals surface area contributed by atoms with Crippen LogP contribution in [0.2, 0.25) is 0 Å². The minimum atomic E-state index is 0.869. The molecule has 10 rings (SSSR count). The van der Waals surface area contributed by atoms with E-state index in [4.69, 9.17) is 4.42 Å². The van der Waals surface area contributed by atoms with E-state index in [2.05, 4.69) is 223 Å². The first kappa shape index (κ1) is 33.2. The van der Waals surface area contributed by atoms with Gasteiger partial charge in [-0.3, -0.25) is 0 Å². The second-order valence-electron chi connectivity index (χ2n) is 14.1. The number of hydrogen-bond acceptors (Lipinski definition) is 2. The van der Waals surface area contributed by atoms with Crippen LogP contribution in [0.4, 0.5) is 17.1 Å². The molecule has 0 radical (unpaired) electrons. The van der Waals surface area contributed by atoms with Gasteiger partial charge in [0.1, 0.15) is 11.2 Å². The molecule has 0 saturated carbocycles. The molecule has 264 valence electrons. The maximum Gasteiger partial charge on any atom is 0.145 e. The third kappa shape index (κ3) is 6.14. The summed E-state index contributed by atoms with van der Waals surface area (Å²) in [6.45, 7) is 0. The van der Waals surface area contributed by atoms with E-state index in [1.165, 1.54) is 27.8 Å². The lowest BCUT2D eigenvalue weighted by molar-refractivity contribution is 0.670. The largest absolute Gasteiger partial charge is 0.455 e. The predicted molar refractivity (Wildman–Crippen MR) is 236 cm³/mol. The Morgan fingerprint density at radius 2 is 0.732 bits per heavy atom. The topological polar surface area (TPSA) is 16.4 Å². The van der Waals surface area contributed by atoms with E-state index in [-0.39, 0.29) is 0 Å². The van der Waals surface area contributed by atoms with Gasteiger partial charge in [0.05, 0.1) is 11.4 Å². The molecule has 0 aliphatic heterocycles. The first-order valence-corrected chi connectivity index (χ1v) is 19.1. The fourth-order valence-electron chi connectivity index (χ4n) is 7.93. The lowest BCUT2D eigenvalue weighted by Crippen LogP contribution is -2.12. The van der Waals surface area contributed by atoms with Crippen LogP contribution in [0.3, 0.4) is 0 Å². The molecule has 0 bridgehead atoms. The average molecular weight is 716 g/mol. The number of benzene rings is 9. The van der Waals surface area contributed by atoms with Crippen molar-refractivity contribution in [2.45, 2.75) is 0 Å². The number of hydrogen-bond donors (Lipinski definition) is 0. The van der Waals surface area contributed by atoms with Gasteiger partial charge in [-0.1, -0.05) is 188 Å². The smallest absolute Gasteiger partial charge is 0.145 e. The Labute approximate surface area is 327 Å². The normalized spacial score (nSPS) is 11.2. The van der Waals surface area contributed by atoms with E-state index in [1.807, 2.05) is 6.07 Å². The second-order valence-corrected chi connectivity index (χ2v) is 14.1. The van der Waals surface area contributed by atoms with Crippen molar-refractivity contribution in [2.24, 2.45) is 0 Å². The molecule has 0 atom stereocenters. The Balaban J connectivity index is 1.17. The Morgan fingerprint density at radius 1 is 0.286 bits per heavy atom. The molecule has 0 N–H and O–H groups in total. The van der Waals surface area contributed by atoms with Crippen molar-refractivity contribution in [2.75, 3.05) is 4.90 Å². The minimum absolute atomic E-state index is 0.869. The highest BCUT2D eigenvalue weighted by atomic mass is 16.3. The maximum absolute atomic E-state index is 6.82. The van der Waals surface area contributed by atoms with Crippen LogP contribution in [-0.4, -0.2) is 0 Å². The summed E-state index contributed by atoms with van der Waals surface area (Å²) < 4.78 is 6.82. The van der Waals surface area contributed by atoms with Crippen molar-refractivity contribution in [1.29, 1.82) is 0 Å². The predicted octanol–water partition coefficient (Wildman–Crippen LogP) is 15.4. The van der Waals surface area contributed by atoms with Gasteiger partial charge in [-0.2, -0.15) is 0 Å². The lowest BCUT2D eigenvalue weighted by atomic mass is 9.95. The lowest BCUT2D eigenvalue weighted by Gasteiger charge is -2.30. The van der Waals surface area contributed by atoms with E-state index in [0.29, 0.717) is 0 Å². The summed E-state index contributed by atoms with van der Waals surface area (Å²) in [4.78, 5) is 2.40. The number of rotatable bonds is 8. The van der Waals surface area contributed by atoms with Gasteiger partial charge in [-0.15, -0.1) is 0 Å². The van der Waals surface area contributed by atoms with Crippen LogP contribution < -0.4 is 4.90 Å². The summed E-state index contributed by atoms with van der Waals surface area (Å²) in [7, 11) is 0. The molecule has 0 unspecified atom stereocenters. The van der Waals surface area contributed by atoms with Gasteiger partial charge in [0.15, 0.2) is 0 Å². The second kappa shape index (κ2) is 14.4. The fourth-order valence-corrected chi connectivity index (χ4v) is 7.93. The van der Waals surface area contributed by atoms with E-state index in [9.17, 15) is 0 Å². The van der Waals surface area contributed by atoms with Crippen LogP contribution in [0.15, 0.2) is 229 Å². The molecule has 0 saturated heterocycles. The number of anilines is 3. The van der Waals surface area contributed by atoms with Crippen molar-refractivity contribution >= 4 is 39.0 Å². The fraction of sp³-hybridized carbons (Fsp3) is 0. The first-order chi connectivity index (χ1) is 27.8. The highest BCUT2D eigenvalue weighted by Gasteiger charge is 2.24. The van der Waals surface area contributed by atoms with Crippen molar-refractivity contribution in [1.82, 2.24) is 0 Å². The molecular weight excluding hydrogens is 679 g/mol. The van der Waals surface area contributed by atoms with Gasteiger partial charge in [0.2, 0.25) is 0 Å². The Bertz CT molecular complexity index is 2910. The van der Waals surface area contributed by atoms with E-state index >= 15 is 0 Å². The molecule has 2 nitrogen and oxygen atoms in total. The van der Waals surface area contributed by atoms with Crippen molar-refractivity contribution in [3.05, 3.63) is 224 Å². The highest BCUT2D eigenvalue weighted by molar-refractivity contribution is 6.13. The zero-order chi connectivity index (χ0) is 37.3. The first-order valence-electron chi connectivity index (χ1n) is 19.1. The number of para-hydroxylation sites is 2. The standard InChI is InChI=1S/C54H37NO/c1-4-14-38(15-5-1)40-24-26-42(27-25-40)43-32-34-46(35-33-43)55(50-22-12-10-20-47(50)44-18-8-3-9-19-44)51-37-36-49-48-21-11-13-23-52(48)56-54(49)53(51)45-30-28-41(29-31-45)39-16-6-2-7-17-39/h1-37H. The molecular formula is C54H37NO. The quantitative estimate of drug-likeness (QED) is 0.156. The van der Waals surface area contributed by atoms with Crippen LogP contribution in [0, 0.1) is 0 Å². The third-order valence-corrected chi connectivity index (χ3v) is 10.7. The summed E-state index contributed by atoms with van der Waals surface area (Å²) in [6, 6.07) is 79.9. The highest BCUT2D eigenvalue weighted by Crippen LogP contribution is 2.49. The molecule has 1 heterocycles. The molecule has 0 spiro atoms. The summed E-state index contributed by atoms with van der Waals surface area (Å²) >= 11 is 0. The zero-order valence-corrected chi connectivity index (χ0v) is 30.7. The van der Waals surface area contributed by atoms with Crippen LogP contribution >= 0.6 is 0 Å². The van der Waals surface area contributed by atoms with Crippen LogP contribution in [0.25, 0.3) is 77.6 Å². The van der Waals surface area contributed by atoms with Gasteiger partial charge in [-0.25, -0.2) is 0 Å². The Morgan fingerprint density at radius 3 is 1.32 bits per heavy atom. The van der Waals surface area contributed by atoms with E-state index in [0.717, 1.165) is 66.8 Å². The summed E-state index contributed by atoms with van der Waals surface area (Å²) in [5, 5.41) is 2.20. The van der Waals surface area contributed by atoms with Crippen LogP contribution in [0.1, 0.15) is 0 Å². The molecule has 10 aromatic rings. The zero-order valence-electron chi connectivity index (χ0n) is 30.7. The van der Waals surface area contributed by atoms with E-state index in [1.54, 1.807) is 0 Å². The molecule has 2 heteroatoms. The average Bonchev–Trinajstić information content (AvgIpc) is 3.67. The van der Waals surface area contributed by atoms with E-state index < -0.39 is 0 Å². The minimum Gasteiger partial charge on any atom is -0.455 e. The molecule has 1 aromatic heterocycles. The summed E-state index contributed by atoms with van der Waals surface area (Å²) in [5.74, 6) is 0. The monoisotopic (exact) mass is 715 g/mol. The molecule has 0 amide bonds. The Kier molecular flexibility index (Phi) is 8.55. The van der Waals surface area contributed by atoms with Gasteiger partial charge in [-0.05, 0) is 80.9 Å². The van der Waals surface area contributed by atoms with Gasteiger partial charge in [0, 0.05) is 27.6 Å². The van der Waals surface area contributed by atoms with Crippen LogP contribution in [-0.2, 0) is 0 Å². The van der Waals surface area contributed by atoms with Crippen LogP contribution in [0.5, 0.6) is 0 Å². The maximum atomic E-state index is 6.82. The number of fused-ring (bicyclic) bond motifs is 3. The van der Waals surface area contributed by atoms with Gasteiger partial charge >= 0.3 is 0 Å². The van der Waals surface area contributed by atoms with Crippen molar-refractivity contribution < 1.29 is 4.42 Å². The number of nitrogens with zero attached hydrogens (tertiary/aromatic N) is 1. The molecule has 0 aliphatic carbocycles. The van der Waals surface area contributed by atoms with Gasteiger partial charge in [0.25, 0.3) is 0 Å². The SMILES string of the molecule is c1ccc(-c2ccc(-c3ccc(N(c4ccccc4-c4ccccc4)c4ccc5c(oc6ccccc65)c4-c4ccc(-c5ccccc5)cc4)cc3)cc2)cc1. The summed E-state index contributed by atoms with van der Waals surface area (Å²) in [5.41, 5.74) is 16.5. The van der Waals surface area contributed by atoms with Crippen molar-refractivity contribution in [3.8, 4) is 55.6 Å². The molecule has 0 fully saturated rings. The van der Waals surface area contributed by atoms with Gasteiger partial charge < -0.3 is 9.32 Å². The third-order valence-electron chi connectivity index (χ3n) is 10.7. The molecule has 9 aromatic carbocycles. The molecule has 0 aliphatic rings. The molecule has 56 heavy (non-hydrogen) atoms. The Hall–Kier alpha value is -7.42. The number of furan rings is 1.